The van der Waals surface area contributed by atoms with Crippen LogP contribution in [0.2, 0.25) is 0 Å². The minimum absolute atomic E-state index is 0.00550. The first-order valence-electron chi connectivity index (χ1n) is 20.0. The average molecular weight is 893 g/mol. The number of hydrogen-bond donors (Lipinski definition) is 13. The summed E-state index contributed by atoms with van der Waals surface area (Å²) >= 11 is 4.14. The number of carbonyl (C=O) groups excluding carboxylic acids is 8. The van der Waals surface area contributed by atoms with Gasteiger partial charge in [0.25, 0.3) is 0 Å². The Morgan fingerprint density at radius 1 is 0.774 bits per heavy atom. The van der Waals surface area contributed by atoms with Crippen LogP contribution in [0.15, 0.2) is 35.3 Å². The first-order chi connectivity index (χ1) is 29.4. The van der Waals surface area contributed by atoms with Gasteiger partial charge < -0.3 is 69.9 Å². The second-order valence-electron chi connectivity index (χ2n) is 14.5. The van der Waals surface area contributed by atoms with Crippen molar-refractivity contribution in [3.8, 4) is 0 Å². The van der Waals surface area contributed by atoms with Crippen molar-refractivity contribution < 1.29 is 53.4 Å². The van der Waals surface area contributed by atoms with E-state index in [4.69, 9.17) is 22.9 Å². The second kappa shape index (κ2) is 27.0. The predicted octanol–water partition coefficient (Wildman–Crippen LogP) is -4.79. The summed E-state index contributed by atoms with van der Waals surface area (Å²) in [5.41, 5.74) is 22.1. The standard InChI is InChI=1S/C38H60N12O11S/c1-21(52)44-26(18-30(40)53)32(55)49-28(20-62)34(57)47-25(17-22-9-3-2-4-10-22)31(54)48-27(19-51)33(56)45-23(11-5-6-14-39)36(59)50-16-8-13-29(50)35(58)46-24(37(60)61)12-7-15-43-38(41)42/h2-4,9-10,23-29,51,62H,5-8,11-20,39H2,1H3,(H2,40,53)(H,44,52)(H,45,56)(H,46,58)(H,47,57)(H,48,54)(H,49,55)(H,60,61)(H4,41,42,43)/t23-,24-,25-,26-,27-,28-,29-/m0/s1. The number of nitrogens with one attached hydrogen (secondary N) is 6. The van der Waals surface area contributed by atoms with Gasteiger partial charge in [-0.05, 0) is 57.1 Å². The van der Waals surface area contributed by atoms with Gasteiger partial charge in [-0.15, -0.1) is 0 Å². The molecule has 23 nitrogen and oxygen atoms in total. The fourth-order valence-corrected chi connectivity index (χ4v) is 6.73. The zero-order valence-electron chi connectivity index (χ0n) is 34.5. The number of benzene rings is 1. The van der Waals surface area contributed by atoms with Gasteiger partial charge in [-0.3, -0.25) is 43.3 Å². The number of carboxylic acids is 1. The van der Waals surface area contributed by atoms with Crippen molar-refractivity contribution in [1.82, 2.24) is 36.8 Å². The second-order valence-corrected chi connectivity index (χ2v) is 14.9. The molecule has 1 aliphatic heterocycles. The summed E-state index contributed by atoms with van der Waals surface area (Å²) in [6.45, 7) is 0.701. The van der Waals surface area contributed by atoms with Crippen LogP contribution in [-0.2, 0) is 49.6 Å². The highest BCUT2D eigenvalue weighted by Crippen LogP contribution is 2.21. The van der Waals surface area contributed by atoms with E-state index >= 15 is 0 Å². The Morgan fingerprint density at radius 2 is 1.35 bits per heavy atom. The number of aliphatic carboxylic acids is 1. The van der Waals surface area contributed by atoms with Gasteiger partial charge in [0.1, 0.15) is 42.3 Å². The molecule has 1 saturated heterocycles. The van der Waals surface area contributed by atoms with Crippen LogP contribution < -0.4 is 54.8 Å². The normalized spacial score (nSPS) is 16.2. The summed E-state index contributed by atoms with van der Waals surface area (Å²) in [6.07, 6.45) is 1.07. The molecule has 1 aliphatic rings. The summed E-state index contributed by atoms with van der Waals surface area (Å²) < 4.78 is 0. The summed E-state index contributed by atoms with van der Waals surface area (Å²) in [5.74, 6) is -8.38. The highest BCUT2D eigenvalue weighted by atomic mass is 32.1. The number of aliphatic hydroxyl groups is 1. The van der Waals surface area contributed by atoms with Crippen molar-refractivity contribution >= 4 is 71.8 Å². The molecule has 1 heterocycles. The third-order valence-electron chi connectivity index (χ3n) is 9.61. The fourth-order valence-electron chi connectivity index (χ4n) is 6.47. The first-order valence-corrected chi connectivity index (χ1v) is 20.7. The molecule has 0 aliphatic carbocycles. The van der Waals surface area contributed by atoms with Crippen LogP contribution in [0.5, 0.6) is 0 Å². The van der Waals surface area contributed by atoms with Crippen LogP contribution in [-0.4, -0.2) is 149 Å². The summed E-state index contributed by atoms with van der Waals surface area (Å²) in [6, 6.07) is -1.02. The number of thiol groups is 1. The van der Waals surface area contributed by atoms with E-state index in [-0.39, 0.29) is 63.5 Å². The number of rotatable bonds is 27. The van der Waals surface area contributed by atoms with Crippen molar-refractivity contribution in [3.05, 3.63) is 35.9 Å². The van der Waals surface area contributed by atoms with Gasteiger partial charge in [0.2, 0.25) is 47.3 Å². The maximum atomic E-state index is 14.0. The molecule has 0 radical (unpaired) electrons. The number of unbranched alkanes of at least 4 members (excludes halogenated alkanes) is 1. The van der Waals surface area contributed by atoms with Crippen molar-refractivity contribution in [2.24, 2.45) is 27.9 Å². The number of amides is 8. The monoisotopic (exact) mass is 892 g/mol. The van der Waals surface area contributed by atoms with Crippen LogP contribution in [0.3, 0.4) is 0 Å². The molecule has 344 valence electrons. The SMILES string of the molecule is CC(=O)N[C@@H](CC(N)=O)C(=O)N[C@@H](CS)C(=O)N[C@@H](Cc1ccccc1)C(=O)N[C@@H](CO)C(=O)N[C@@H](CCCCN)C(=O)N1CCC[C@H]1C(=O)N[C@@H](CCCN=C(N)N)C(=O)O. The molecular weight excluding hydrogens is 833 g/mol. The van der Waals surface area contributed by atoms with Crippen LogP contribution in [0.1, 0.15) is 63.9 Å². The summed E-state index contributed by atoms with van der Waals surface area (Å²) in [7, 11) is 0. The molecule has 2 rings (SSSR count). The first kappa shape index (κ1) is 52.1. The van der Waals surface area contributed by atoms with Gasteiger partial charge >= 0.3 is 5.97 Å². The number of nitrogens with zero attached hydrogens (tertiary/aromatic N) is 2. The number of guanidine groups is 1. The average Bonchev–Trinajstić information content (AvgIpc) is 3.72. The van der Waals surface area contributed by atoms with Crippen LogP contribution >= 0.6 is 12.6 Å². The molecule has 1 aromatic rings. The number of nitrogens with two attached hydrogens (primary N) is 4. The van der Waals surface area contributed by atoms with Crippen molar-refractivity contribution in [1.29, 1.82) is 0 Å². The van der Waals surface area contributed by atoms with Gasteiger partial charge in [-0.2, -0.15) is 12.6 Å². The topological polar surface area (TPSA) is 386 Å². The molecule has 62 heavy (non-hydrogen) atoms. The molecule has 0 spiro atoms. The molecule has 0 unspecified atom stereocenters. The Morgan fingerprint density at radius 3 is 1.94 bits per heavy atom. The molecular formula is C38H60N12O11S. The number of primary amides is 1. The molecule has 16 N–H and O–H groups in total. The smallest absolute Gasteiger partial charge is 0.326 e. The zero-order valence-corrected chi connectivity index (χ0v) is 35.4. The summed E-state index contributed by atoms with van der Waals surface area (Å²) in [4.78, 5) is 122. The lowest BCUT2D eigenvalue weighted by Gasteiger charge is -2.30. The van der Waals surface area contributed by atoms with E-state index in [1.54, 1.807) is 30.3 Å². The number of hydrogen-bond acceptors (Lipinski definition) is 13. The third kappa shape index (κ3) is 17.9. The molecule has 7 atom stereocenters. The molecule has 8 amide bonds. The Hall–Kier alpha value is -6.01. The minimum atomic E-state index is -1.65. The maximum Gasteiger partial charge on any atom is 0.326 e. The van der Waals surface area contributed by atoms with Crippen LogP contribution in [0.25, 0.3) is 0 Å². The van der Waals surface area contributed by atoms with E-state index in [0.29, 0.717) is 24.8 Å². The largest absolute Gasteiger partial charge is 0.480 e. The molecule has 0 saturated carbocycles. The van der Waals surface area contributed by atoms with Gasteiger partial charge in [-0.1, -0.05) is 30.3 Å². The maximum absolute atomic E-state index is 14.0. The van der Waals surface area contributed by atoms with E-state index in [9.17, 15) is 53.4 Å². The molecule has 1 fully saturated rings. The number of carboxylic acid groups (broad SMARTS) is 1. The van der Waals surface area contributed by atoms with Crippen molar-refractivity contribution in [2.45, 2.75) is 107 Å². The highest BCUT2D eigenvalue weighted by Gasteiger charge is 2.40. The third-order valence-corrected chi connectivity index (χ3v) is 9.97. The highest BCUT2D eigenvalue weighted by molar-refractivity contribution is 7.80. The van der Waals surface area contributed by atoms with Gasteiger partial charge in [0.15, 0.2) is 5.96 Å². The zero-order chi connectivity index (χ0) is 46.4. The Labute approximate surface area is 364 Å². The van der Waals surface area contributed by atoms with Gasteiger partial charge in [-0.25, -0.2) is 4.79 Å². The number of likely N-dealkylation sites (tertiary alicyclic amines) is 1. The quantitative estimate of drug-likeness (QED) is 0.0171. The van der Waals surface area contributed by atoms with E-state index < -0.39 is 109 Å². The van der Waals surface area contributed by atoms with Crippen LogP contribution in [0, 0.1) is 0 Å². The van der Waals surface area contributed by atoms with E-state index in [1.165, 1.54) is 4.90 Å². The van der Waals surface area contributed by atoms with Crippen molar-refractivity contribution in [2.75, 3.05) is 32.0 Å². The Kier molecular flexibility index (Phi) is 22.7. The molecule has 24 heteroatoms. The van der Waals surface area contributed by atoms with E-state index in [2.05, 4.69) is 49.5 Å². The van der Waals surface area contributed by atoms with Crippen LogP contribution in [0.4, 0.5) is 0 Å². The predicted molar refractivity (Wildman–Crippen MR) is 227 cm³/mol. The Bertz CT molecular complexity index is 1740. The molecule has 0 aromatic heterocycles. The van der Waals surface area contributed by atoms with Crippen molar-refractivity contribution in [3.63, 3.8) is 0 Å². The molecule has 1 aromatic carbocycles. The minimum Gasteiger partial charge on any atom is -0.480 e. The molecule has 0 bridgehead atoms. The summed E-state index contributed by atoms with van der Waals surface area (Å²) in [5, 5.41) is 34.7. The number of aliphatic imine (C=N–C) groups is 1. The van der Waals surface area contributed by atoms with E-state index in [1.807, 2.05) is 0 Å². The lowest BCUT2D eigenvalue weighted by molar-refractivity contribution is -0.145. The fraction of sp³-hybridized carbons (Fsp3) is 0.579. The lowest BCUT2D eigenvalue weighted by atomic mass is 10.0. The van der Waals surface area contributed by atoms with Gasteiger partial charge in [0, 0.05) is 32.2 Å². The number of aliphatic hydroxyl groups excluding tert-OH is 1. The van der Waals surface area contributed by atoms with E-state index in [0.717, 1.165) is 6.92 Å². The lowest BCUT2D eigenvalue weighted by Crippen LogP contribution is -2.61. The Balaban J connectivity index is 2.27. The van der Waals surface area contributed by atoms with Gasteiger partial charge in [0.05, 0.1) is 13.0 Å². The number of carbonyl (C=O) groups is 9.